The molecule has 638 valence electrons. The van der Waals surface area contributed by atoms with Gasteiger partial charge in [-0.25, -0.2) is 9.59 Å². The fourth-order valence-corrected chi connectivity index (χ4v) is 11.5. The van der Waals surface area contributed by atoms with Crippen LogP contribution in [0.2, 0.25) is 0 Å². The van der Waals surface area contributed by atoms with Crippen molar-refractivity contribution in [2.75, 3.05) is 27.1 Å². The molecule has 0 unspecified atom stereocenters. The van der Waals surface area contributed by atoms with Gasteiger partial charge in [-0.15, -0.1) is 6.42 Å². The van der Waals surface area contributed by atoms with Crippen LogP contribution in [-0.4, -0.2) is 132 Å². The van der Waals surface area contributed by atoms with Crippen molar-refractivity contribution in [2.45, 2.75) is 125 Å². The van der Waals surface area contributed by atoms with Gasteiger partial charge in [-0.05, 0) is 239 Å². The number of anilines is 1. The molecular weight excluding hydrogens is 1800 g/mol. The summed E-state index contributed by atoms with van der Waals surface area (Å²) in [5.41, 5.74) is 17.1. The van der Waals surface area contributed by atoms with Crippen molar-refractivity contribution in [1.29, 1.82) is 0 Å². The van der Waals surface area contributed by atoms with Crippen LogP contribution in [-0.2, 0) is 46.5 Å². The van der Waals surface area contributed by atoms with Gasteiger partial charge in [0.25, 0.3) is 29.5 Å². The van der Waals surface area contributed by atoms with Gasteiger partial charge in [-0.1, -0.05) is 99.9 Å². The second kappa shape index (κ2) is 48.7. The Morgan fingerprint density at radius 1 is 0.484 bits per heavy atom. The standard InChI is InChI=1S/C27H26N4O4.C22H22N4O2.C16H21NO3.C11H6BrN3O.C11H8N4O.3CH4.B.2BrH.Cu.H2/c1-27(2,3)34-26(32)29-22(15-18-5-10-23(33-4)11-6-18)9-12-24-30-25(35-31-24)20-7-8-21-17-28-14-13-19(21)16-20;1-27-20-7-2-15(3-8-20)12-19(23)6-9-21-25-22(28-26-21)17-4-5-18-14-24-11-10-16(18)13-17;1-6-13(17-15(18)20-16(2,3)4)11-12-7-9-14(19-5)10-8-12;2*12-11-14-10(16-15-11)8-1-2-9-6-13-4-3-7(9)5-8;;;;;;;;/h5-8,10-11,13-14,16-17,22H,15H2,1-4H3,(H,29,32);2-5,7-8,10-11,13-14,19H,6,9,12,23H2,1H3;1,7-10,13H,11H2,2-5H3,(H,17,18);1-6H;1-6H,(H2,12,15);3*1H4;;2*1H;;1H/q;;;;;;;;;;;+2;/p-2/t22-;19-;13-;;;;;;;;;;/m111........../s1/i;;;;;;;;;;;;1+1. The number of methoxy groups -OCH3 is 3. The molecule has 27 nitrogen and oxygen atoms in total. The molecule has 0 aliphatic heterocycles. The molecule has 0 aliphatic carbocycles. The number of aryl methyl sites for hydroxylation is 1. The SMILES string of the molecule is Brc1noc(-c2ccc3cnccc3c2)n1.C.C.C.C#C[C@H](Cc1ccc(OC)cc1)NC(=O)OC(C)(C)C.COc1ccc(C[C@@H](C#Cc2noc(-c3ccc4cnccc4c3)n2)NC(=O)OC(C)(C)C)cc1.COc1ccc(C[C@H](N)CCc2noc(-c3ccc4cnccc4c3)n2)cc1.Nc1noc(-c2ccc3cnccc3c2)n1.[2HH].[B].[Br][Cu][Br]. The quantitative estimate of drug-likeness (QED) is 0.0458. The molecule has 0 saturated carbocycles. The third kappa shape index (κ3) is 31.3. The number of alkyl carbamates (subject to hydrolysis) is 2. The summed E-state index contributed by atoms with van der Waals surface area (Å²) in [7, 11) is 4.89. The zero-order valence-electron chi connectivity index (χ0n) is 66.2. The molecule has 8 aromatic heterocycles. The normalized spacial score (nSPS) is 11.2. The molecule has 0 spiro atoms. The van der Waals surface area contributed by atoms with Gasteiger partial charge in [0.15, 0.2) is 5.82 Å². The van der Waals surface area contributed by atoms with Crippen molar-refractivity contribution in [2.24, 2.45) is 5.73 Å². The molecule has 122 heavy (non-hydrogen) atoms. The zero-order valence-corrected chi connectivity index (χ0v) is 71.9. The number of ether oxygens (including phenoxy) is 5. The summed E-state index contributed by atoms with van der Waals surface area (Å²) in [6.45, 7) is 10.8. The zero-order chi connectivity index (χ0) is 84.0. The van der Waals surface area contributed by atoms with Crippen molar-refractivity contribution >= 4 is 114 Å². The summed E-state index contributed by atoms with van der Waals surface area (Å²) in [6, 6.07) is 53.5. The van der Waals surface area contributed by atoms with Crippen molar-refractivity contribution in [3.63, 3.8) is 0 Å². The third-order valence-corrected chi connectivity index (χ3v) is 17.1. The van der Waals surface area contributed by atoms with Crippen LogP contribution in [0, 0.1) is 24.2 Å². The van der Waals surface area contributed by atoms with Crippen LogP contribution in [0.5, 0.6) is 17.2 Å². The van der Waals surface area contributed by atoms with Gasteiger partial charge in [0.2, 0.25) is 10.6 Å². The van der Waals surface area contributed by atoms with E-state index < -0.39 is 35.5 Å². The fourth-order valence-electron chi connectivity index (χ4n) is 11.2. The van der Waals surface area contributed by atoms with Crippen LogP contribution >= 0.6 is 44.2 Å². The van der Waals surface area contributed by atoms with Crippen LogP contribution in [0.3, 0.4) is 0 Å². The van der Waals surface area contributed by atoms with Crippen LogP contribution < -0.4 is 36.3 Å². The average molecular weight is 1890 g/mol. The summed E-state index contributed by atoms with van der Waals surface area (Å²) in [5, 5.41) is 29.4. The van der Waals surface area contributed by atoms with E-state index in [1.165, 1.54) is 16.9 Å². The van der Waals surface area contributed by atoms with Crippen LogP contribution in [0.15, 0.2) is 242 Å². The number of hydrogen-bond donors (Lipinski definition) is 4. The number of hydrogen-bond acceptors (Lipinski definition) is 25. The molecule has 15 aromatic rings. The van der Waals surface area contributed by atoms with Gasteiger partial charge in [0.1, 0.15) is 28.5 Å². The maximum absolute atomic E-state index is 12.4. The van der Waals surface area contributed by atoms with Crippen molar-refractivity contribution in [1.82, 2.24) is 71.1 Å². The number of carbonyl (C=O) groups is 2. The van der Waals surface area contributed by atoms with Gasteiger partial charge in [-0.2, -0.15) is 19.9 Å². The van der Waals surface area contributed by atoms with E-state index in [0.29, 0.717) is 53.4 Å². The van der Waals surface area contributed by atoms with E-state index in [2.05, 4.69) is 133 Å². The topological polar surface area (TPSA) is 364 Å². The molecule has 7 aromatic carbocycles. The number of carbonyl (C=O) groups excluding carboxylic acids is 2. The predicted molar refractivity (Wildman–Crippen MR) is 487 cm³/mol. The first-order valence-corrected chi connectivity index (χ1v) is 41.9. The number of rotatable bonds is 18. The Labute approximate surface area is 741 Å². The Balaban J connectivity index is 0.000000276. The maximum atomic E-state index is 12.4. The molecule has 0 bridgehead atoms. The Hall–Kier alpha value is -12.4. The van der Waals surface area contributed by atoms with Crippen molar-refractivity contribution in [3.8, 4) is 87.2 Å². The van der Waals surface area contributed by atoms with E-state index >= 15 is 0 Å². The number of halogens is 3. The number of aromatic nitrogens is 12. The summed E-state index contributed by atoms with van der Waals surface area (Å²) in [4.78, 5) is 57.4. The van der Waals surface area contributed by atoms with Gasteiger partial charge in [0.05, 0.1) is 33.4 Å². The van der Waals surface area contributed by atoms with Gasteiger partial charge in [-0.3, -0.25) is 19.9 Å². The van der Waals surface area contributed by atoms with Crippen molar-refractivity contribution < 1.29 is 64.1 Å². The van der Waals surface area contributed by atoms with E-state index in [4.69, 9.17) is 59.7 Å². The van der Waals surface area contributed by atoms with Crippen LogP contribution in [0.25, 0.3) is 88.9 Å². The second-order valence-corrected chi connectivity index (χ2v) is 33.3. The number of fused-ring (bicyclic) bond motifs is 4. The minimum absolute atomic E-state index is 0. The summed E-state index contributed by atoms with van der Waals surface area (Å²) in [6.07, 6.45) is 21.9. The number of nitrogens with one attached hydrogen (secondary N) is 2. The van der Waals surface area contributed by atoms with Crippen LogP contribution in [0.1, 0.15) is 100 Å². The van der Waals surface area contributed by atoms with E-state index in [9.17, 15) is 9.59 Å². The molecule has 3 radical (unpaired) electrons. The summed E-state index contributed by atoms with van der Waals surface area (Å²) >= 11 is 10.5. The Kier molecular flexibility index (Phi) is 39.3. The molecule has 3 atom stereocenters. The summed E-state index contributed by atoms with van der Waals surface area (Å²) in [5.74, 6) is 13.7. The third-order valence-electron chi connectivity index (χ3n) is 16.8. The number of nitrogens with two attached hydrogens (primary N) is 2. The van der Waals surface area contributed by atoms with Crippen molar-refractivity contribution in [3.05, 3.63) is 253 Å². The monoisotopic (exact) mass is 1890 g/mol. The van der Waals surface area contributed by atoms with E-state index in [1.54, 1.807) is 100 Å². The molecule has 8 heterocycles. The van der Waals surface area contributed by atoms with Gasteiger partial charge in [0, 0.05) is 129 Å². The minimum atomic E-state index is -0.624. The van der Waals surface area contributed by atoms with E-state index in [-0.39, 0.29) is 49.9 Å². The summed E-state index contributed by atoms with van der Waals surface area (Å²) < 4.78 is 47.5. The van der Waals surface area contributed by atoms with Gasteiger partial charge < -0.3 is 63.9 Å². The number of terminal acetylenes is 1. The molecule has 0 fully saturated rings. The number of amides is 2. The fraction of sp³-hybridized carbons (Fsp3) is 0.244. The van der Waals surface area contributed by atoms with Crippen LogP contribution in [0.4, 0.5) is 15.5 Å². The van der Waals surface area contributed by atoms with E-state index in [1.807, 2.05) is 182 Å². The molecule has 6 N–H and O–H groups in total. The molecule has 0 aliphatic rings. The second-order valence-electron chi connectivity index (χ2n) is 27.8. The molecule has 32 heteroatoms. The number of nitrogen functional groups attached to an aromatic ring is 1. The Morgan fingerprint density at radius 3 is 1.20 bits per heavy atom. The molecule has 2 amide bonds. The average Bonchev–Trinajstić information content (AvgIpc) is 1.79. The predicted octanol–water partition coefficient (Wildman–Crippen LogP) is 19.7. The number of benzene rings is 7. The van der Waals surface area contributed by atoms with Gasteiger partial charge >= 0.3 is 51.7 Å². The first-order valence-electron chi connectivity index (χ1n) is 36.4. The molecular formula is C90H97BBr3CuN16O11. The first kappa shape index (κ1) is 98.4. The number of pyridine rings is 4. The number of nitrogens with zero attached hydrogens (tertiary/aromatic N) is 12. The first-order chi connectivity index (χ1) is 56.9. The Morgan fingerprint density at radius 2 is 0.836 bits per heavy atom. The molecule has 0 saturated heterocycles. The Bertz CT molecular complexity index is 5770. The molecule has 15 rings (SSSR count). The van der Waals surface area contributed by atoms with E-state index in [0.717, 1.165) is 107 Å².